The molecular formula is C84H92O34. The number of ketones is 4. The summed E-state index contributed by atoms with van der Waals surface area (Å²) in [5.74, 6) is -1.31. The molecular weight excluding hydrogens is 1550 g/mol. The predicted molar refractivity (Wildman–Crippen MR) is 409 cm³/mol. The van der Waals surface area contributed by atoms with E-state index in [1.807, 2.05) is 39.8 Å². The van der Waals surface area contributed by atoms with Crippen LogP contribution in [0, 0.1) is 0 Å². The fourth-order valence-electron chi connectivity index (χ4n) is 13.4. The highest BCUT2D eigenvalue weighted by atomic mass is 16.8. The van der Waals surface area contributed by atoms with Crippen molar-refractivity contribution in [2.24, 2.45) is 0 Å². The molecule has 0 saturated carbocycles. The number of rotatable bonds is 18. The lowest BCUT2D eigenvalue weighted by atomic mass is 9.95. The molecule has 0 aromatic heterocycles. The Bertz CT molecular complexity index is 4460. The summed E-state index contributed by atoms with van der Waals surface area (Å²) in [7, 11) is 0. The topological polar surface area (TPSA) is 458 Å². The average molecular weight is 1650 g/mol. The van der Waals surface area contributed by atoms with Crippen molar-refractivity contribution in [3.05, 3.63) is 169 Å². The third kappa shape index (κ3) is 22.1. The molecule has 0 bridgehead atoms. The molecule has 8 aliphatic heterocycles. The van der Waals surface area contributed by atoms with Crippen LogP contribution in [0.3, 0.4) is 0 Å². The van der Waals surface area contributed by atoms with Crippen LogP contribution in [0.1, 0.15) is 119 Å². The van der Waals surface area contributed by atoms with Gasteiger partial charge in [0.1, 0.15) is 118 Å². The number of hydrogen-bond acceptors (Lipinski definition) is 34. The first kappa shape index (κ1) is 90.2. The van der Waals surface area contributed by atoms with E-state index in [9.17, 15) is 78.6 Å². The molecule has 20 atom stereocenters. The van der Waals surface area contributed by atoms with E-state index in [2.05, 4.69) is 26.3 Å². The van der Waals surface area contributed by atoms with Gasteiger partial charge in [-0.3, -0.25) is 47.9 Å². The van der Waals surface area contributed by atoms with Crippen LogP contribution in [0.5, 0.6) is 46.0 Å². The normalized spacial score (nSPS) is 28.2. The third-order valence-corrected chi connectivity index (χ3v) is 18.5. The number of benzene rings is 4. The van der Waals surface area contributed by atoms with E-state index in [4.69, 9.17) is 85.3 Å². The average Bonchev–Trinajstić information content (AvgIpc) is 0.777. The molecule has 6 N–H and O–H groups in total. The maximum Gasteiger partial charge on any atom is 0.303 e. The summed E-state index contributed by atoms with van der Waals surface area (Å²) in [6.45, 7) is 34.5. The standard InChI is InChI=1S/2C24H26O10.2C18H20O7/c2*1-11-9-12(2)29-19-10-17(7-8-18(11)19)33-24-23(32-16(6)28)22(31-15(5)27)21(30-14(4)26)20(34-24)13(3)25;2*1-8-6-9(2)23-13-7-11(4-5-12(8)13)24-18-16(22)14(20)15(21)17(25-18)10(3)19/h2*7-10,20-24H,2H2,1,3-6H3;2*4-7,14-18,20-22H,2H2,1,3H3/t2*20?,21?,22-,23?,24?;2*14-,15?,16?,17?,18?/m1111/s1. The Kier molecular flexibility index (Phi) is 29.5. The zero-order valence-corrected chi connectivity index (χ0v) is 66.7. The second-order valence-electron chi connectivity index (χ2n) is 28.2. The lowest BCUT2D eigenvalue weighted by molar-refractivity contribution is -0.277. The van der Waals surface area contributed by atoms with Crippen molar-refractivity contribution in [3.8, 4) is 46.0 Å². The Morgan fingerprint density at radius 3 is 0.720 bits per heavy atom. The Balaban J connectivity index is 0.000000181. The zero-order valence-electron chi connectivity index (χ0n) is 66.7. The molecule has 16 unspecified atom stereocenters. The van der Waals surface area contributed by atoms with Crippen LogP contribution in [0.15, 0.2) is 146 Å². The quantitative estimate of drug-likeness (QED) is 0.0456. The molecule has 8 heterocycles. The second-order valence-corrected chi connectivity index (χ2v) is 28.2. The van der Waals surface area contributed by atoms with Crippen LogP contribution in [0.25, 0.3) is 22.3 Å². The Morgan fingerprint density at radius 2 is 0.492 bits per heavy atom. The minimum atomic E-state index is -1.56. The van der Waals surface area contributed by atoms with Gasteiger partial charge in [0, 0.05) is 88.1 Å². The molecule has 4 aromatic carbocycles. The van der Waals surface area contributed by atoms with Crippen molar-refractivity contribution in [2.75, 3.05) is 0 Å². The van der Waals surface area contributed by atoms with Crippen LogP contribution in [-0.2, 0) is 95.3 Å². The zero-order chi connectivity index (χ0) is 86.9. The number of carbonyl (C=O) groups excluding carboxylic acids is 10. The lowest BCUT2D eigenvalue weighted by Crippen LogP contribution is -2.64. The number of aliphatic hydroxyl groups excluding tert-OH is 6. The Labute approximate surface area is 676 Å². The van der Waals surface area contributed by atoms with Gasteiger partial charge in [-0.15, -0.1) is 0 Å². The van der Waals surface area contributed by atoms with Crippen LogP contribution in [-0.4, -0.2) is 212 Å². The van der Waals surface area contributed by atoms with Crippen molar-refractivity contribution >= 4 is 81.2 Å². The van der Waals surface area contributed by atoms with Crippen molar-refractivity contribution < 1.29 is 164 Å². The molecule has 8 aliphatic rings. The molecule has 4 saturated heterocycles. The summed E-state index contributed by atoms with van der Waals surface area (Å²) >= 11 is 0. The highest BCUT2D eigenvalue weighted by molar-refractivity contribution is 5.85. The summed E-state index contributed by atoms with van der Waals surface area (Å²) in [6.07, 6.45) is -20.7. The van der Waals surface area contributed by atoms with Gasteiger partial charge in [-0.1, -0.05) is 26.3 Å². The van der Waals surface area contributed by atoms with Crippen LogP contribution >= 0.6 is 0 Å². The summed E-state index contributed by atoms with van der Waals surface area (Å²) < 4.78 is 99.6. The van der Waals surface area contributed by atoms with Gasteiger partial charge in [-0.2, -0.15) is 0 Å². The number of Topliss-reactive ketones (excluding diaryl/α,β-unsaturated/α-hetero) is 4. The van der Waals surface area contributed by atoms with Gasteiger partial charge < -0.3 is 116 Å². The SMILES string of the molecule is C=C1C=C(C)c2ccc(OC3OC(C(C)=O)C(O)[C@@H](O)C3O)cc2O1.C=C1C=C(C)c2ccc(OC3OC(C(C)=O)C(O)[C@@H](O)C3O)cc2O1.C=C1C=C(C)c2ccc(OC3OC(C(C)=O)C(OC(C)=O)[C@@H](OC(C)=O)C3OC(C)=O)cc2O1.C=C1C=C(C)c2ccc(OC3OC(C(C)=O)C(OC(C)=O)[C@@H](OC(C)=O)C3OC(C)=O)cc2O1. The molecule has 4 aromatic rings. The molecule has 34 nitrogen and oxygen atoms in total. The van der Waals surface area contributed by atoms with E-state index in [0.29, 0.717) is 57.5 Å². The molecule has 632 valence electrons. The van der Waals surface area contributed by atoms with E-state index >= 15 is 0 Å². The number of aliphatic hydroxyl groups is 6. The van der Waals surface area contributed by atoms with Gasteiger partial charge >= 0.3 is 35.8 Å². The first-order valence-electron chi connectivity index (χ1n) is 36.7. The summed E-state index contributed by atoms with van der Waals surface area (Å²) in [6, 6.07) is 20.1. The van der Waals surface area contributed by atoms with Crippen molar-refractivity contribution in [3.63, 3.8) is 0 Å². The summed E-state index contributed by atoms with van der Waals surface area (Å²) in [5, 5.41) is 59.6. The molecule has 34 heteroatoms. The maximum atomic E-state index is 12.4. The first-order chi connectivity index (χ1) is 55.5. The van der Waals surface area contributed by atoms with Gasteiger partial charge in [0.15, 0.2) is 59.8 Å². The fourth-order valence-corrected chi connectivity index (χ4v) is 13.4. The molecule has 0 amide bonds. The van der Waals surface area contributed by atoms with Crippen molar-refractivity contribution in [1.82, 2.24) is 0 Å². The number of carbonyl (C=O) groups is 10. The van der Waals surface area contributed by atoms with Crippen LogP contribution in [0.4, 0.5) is 0 Å². The van der Waals surface area contributed by atoms with Gasteiger partial charge in [-0.05, 0) is 151 Å². The first-order valence-corrected chi connectivity index (χ1v) is 36.7. The Hall–Kier alpha value is -11.7. The monoisotopic (exact) mass is 1640 g/mol. The molecule has 12 rings (SSSR count). The minimum Gasteiger partial charge on any atom is -0.462 e. The van der Waals surface area contributed by atoms with Gasteiger partial charge in [0.25, 0.3) is 0 Å². The van der Waals surface area contributed by atoms with Crippen molar-refractivity contribution in [2.45, 2.75) is 220 Å². The van der Waals surface area contributed by atoms with E-state index in [1.54, 1.807) is 84.9 Å². The number of allylic oxidation sites excluding steroid dienone is 8. The molecule has 118 heavy (non-hydrogen) atoms. The Morgan fingerprint density at radius 1 is 0.280 bits per heavy atom. The van der Waals surface area contributed by atoms with Gasteiger partial charge in [0.05, 0.1) is 0 Å². The van der Waals surface area contributed by atoms with E-state index in [-0.39, 0.29) is 11.5 Å². The summed E-state index contributed by atoms with van der Waals surface area (Å²) in [5.41, 5.74) is 7.28. The molecule has 0 aliphatic carbocycles. The largest absolute Gasteiger partial charge is 0.462 e. The predicted octanol–water partition coefficient (Wildman–Crippen LogP) is 6.51. The summed E-state index contributed by atoms with van der Waals surface area (Å²) in [4.78, 5) is 119. The van der Waals surface area contributed by atoms with Crippen LogP contribution < -0.4 is 37.9 Å². The number of hydrogen-bond donors (Lipinski definition) is 6. The molecule has 0 radical (unpaired) electrons. The van der Waals surface area contributed by atoms with Gasteiger partial charge in [0.2, 0.25) is 37.4 Å². The lowest BCUT2D eigenvalue weighted by Gasteiger charge is -2.43. The smallest absolute Gasteiger partial charge is 0.303 e. The number of fused-ring (bicyclic) bond motifs is 4. The second kappa shape index (κ2) is 38.6. The van der Waals surface area contributed by atoms with Crippen LogP contribution in [0.2, 0.25) is 0 Å². The highest BCUT2D eigenvalue weighted by Crippen LogP contribution is 2.43. The van der Waals surface area contributed by atoms with E-state index in [0.717, 1.165) is 86.1 Å². The fraction of sp³-hybridized carbons (Fsp3) is 0.405. The minimum absolute atomic E-state index is 0.262. The number of ether oxygens (including phenoxy) is 18. The maximum absolute atomic E-state index is 12.4. The van der Waals surface area contributed by atoms with E-state index < -0.39 is 182 Å². The van der Waals surface area contributed by atoms with Gasteiger partial charge in [-0.25, -0.2) is 0 Å². The molecule has 0 spiro atoms. The number of esters is 6. The highest BCUT2D eigenvalue weighted by Gasteiger charge is 2.57. The van der Waals surface area contributed by atoms with E-state index in [1.165, 1.54) is 27.7 Å². The molecule has 4 fully saturated rings. The van der Waals surface area contributed by atoms with Crippen molar-refractivity contribution in [1.29, 1.82) is 0 Å². The third-order valence-electron chi connectivity index (χ3n) is 18.5.